The van der Waals surface area contributed by atoms with Crippen LogP contribution in [0.25, 0.3) is 17.1 Å². The maximum Gasteiger partial charge on any atom is 0.321 e. The Bertz CT molecular complexity index is 1010. The van der Waals surface area contributed by atoms with Crippen molar-refractivity contribution in [2.45, 2.75) is 5.16 Å². The largest absolute Gasteiger partial charge is 0.341 e. The van der Waals surface area contributed by atoms with Crippen molar-refractivity contribution in [2.24, 2.45) is 0 Å². The molecule has 8 nitrogen and oxygen atoms in total. The summed E-state index contributed by atoms with van der Waals surface area (Å²) in [6.07, 6.45) is 3.31. The van der Waals surface area contributed by atoms with Crippen LogP contribution in [0.15, 0.2) is 47.9 Å². The van der Waals surface area contributed by atoms with E-state index in [9.17, 15) is 9.59 Å². The number of urea groups is 1. The fourth-order valence-electron chi connectivity index (χ4n) is 2.26. The second kappa shape index (κ2) is 9.05. The Morgan fingerprint density at radius 1 is 1.18 bits per heavy atom. The summed E-state index contributed by atoms with van der Waals surface area (Å²) in [5.74, 6) is 0.0385. The van der Waals surface area contributed by atoms with E-state index >= 15 is 0 Å². The molecule has 0 fully saturated rings. The lowest BCUT2D eigenvalue weighted by Gasteiger charge is -2.11. The molecule has 28 heavy (non-hydrogen) atoms. The zero-order valence-corrected chi connectivity index (χ0v) is 16.8. The van der Waals surface area contributed by atoms with Crippen LogP contribution in [0.1, 0.15) is 0 Å². The van der Waals surface area contributed by atoms with E-state index in [1.54, 1.807) is 41.2 Å². The fourth-order valence-corrected chi connectivity index (χ4v) is 3.30. The van der Waals surface area contributed by atoms with Gasteiger partial charge in [-0.15, -0.1) is 10.2 Å². The van der Waals surface area contributed by atoms with Crippen molar-refractivity contribution in [3.8, 4) is 17.1 Å². The molecule has 0 saturated heterocycles. The molecule has 3 rings (SSSR count). The van der Waals surface area contributed by atoms with Gasteiger partial charge in [-0.1, -0.05) is 35.0 Å². The molecule has 0 unspecified atom stereocenters. The molecule has 0 aliphatic rings. The molecule has 144 valence electrons. The third-order valence-electron chi connectivity index (χ3n) is 3.53. The van der Waals surface area contributed by atoms with Crippen LogP contribution in [0.3, 0.4) is 0 Å². The van der Waals surface area contributed by atoms with Crippen LogP contribution in [-0.2, 0) is 4.79 Å². The summed E-state index contributed by atoms with van der Waals surface area (Å²) in [6, 6.07) is 8.17. The van der Waals surface area contributed by atoms with Crippen LogP contribution >= 0.6 is 35.0 Å². The third kappa shape index (κ3) is 4.61. The number of nitrogens with zero attached hydrogens (tertiary/aromatic N) is 4. The topological polar surface area (TPSA) is 102 Å². The summed E-state index contributed by atoms with van der Waals surface area (Å²) in [6.45, 7) is 0. The minimum absolute atomic E-state index is 0.0279. The number of hydrogen-bond donors (Lipinski definition) is 2. The summed E-state index contributed by atoms with van der Waals surface area (Å²) in [5, 5.41) is 14.2. The number of aromatic nitrogens is 4. The molecule has 0 aliphatic heterocycles. The molecule has 3 aromatic rings. The normalized spacial score (nSPS) is 10.5. The zero-order chi connectivity index (χ0) is 20.1. The Kier molecular flexibility index (Phi) is 6.50. The van der Waals surface area contributed by atoms with Gasteiger partial charge in [0.25, 0.3) is 0 Å². The van der Waals surface area contributed by atoms with Crippen molar-refractivity contribution in [1.29, 1.82) is 0 Å². The molecule has 0 radical (unpaired) electrons. The van der Waals surface area contributed by atoms with Gasteiger partial charge in [-0.3, -0.25) is 19.7 Å². The Balaban J connectivity index is 1.96. The molecule has 1 aromatic carbocycles. The fraction of sp³-hybridized carbons (Fsp3) is 0.118. The van der Waals surface area contributed by atoms with E-state index in [0.717, 1.165) is 17.3 Å². The van der Waals surface area contributed by atoms with Crippen LogP contribution in [-0.4, -0.2) is 44.5 Å². The number of rotatable bonds is 5. The van der Waals surface area contributed by atoms with Gasteiger partial charge in [-0.2, -0.15) is 0 Å². The lowest BCUT2D eigenvalue weighted by atomic mass is 10.2. The molecular formula is C17H14Cl2N6O2S. The van der Waals surface area contributed by atoms with Crippen LogP contribution in [0, 0.1) is 0 Å². The zero-order valence-electron chi connectivity index (χ0n) is 14.5. The summed E-state index contributed by atoms with van der Waals surface area (Å²) in [5.41, 5.74) is 1.41. The smallest absolute Gasteiger partial charge is 0.321 e. The van der Waals surface area contributed by atoms with Crippen molar-refractivity contribution in [3.05, 3.63) is 52.8 Å². The summed E-state index contributed by atoms with van der Waals surface area (Å²) >= 11 is 13.3. The molecule has 0 bridgehead atoms. The van der Waals surface area contributed by atoms with Crippen LogP contribution < -0.4 is 10.6 Å². The third-order valence-corrected chi connectivity index (χ3v) is 5.19. The molecule has 0 saturated carbocycles. The first-order valence-corrected chi connectivity index (χ1v) is 9.69. The van der Waals surface area contributed by atoms with Crippen LogP contribution in [0.2, 0.25) is 10.0 Å². The molecule has 0 spiro atoms. The lowest BCUT2D eigenvalue weighted by molar-refractivity contribution is -0.117. The Morgan fingerprint density at radius 2 is 2.00 bits per heavy atom. The molecule has 0 atom stereocenters. The van der Waals surface area contributed by atoms with Gasteiger partial charge < -0.3 is 5.32 Å². The number of hydrogen-bond acceptors (Lipinski definition) is 6. The second-order valence-electron chi connectivity index (χ2n) is 5.40. The van der Waals surface area contributed by atoms with Crippen molar-refractivity contribution in [1.82, 2.24) is 30.4 Å². The molecule has 2 N–H and O–H groups in total. The Morgan fingerprint density at radius 3 is 2.68 bits per heavy atom. The number of pyridine rings is 1. The van der Waals surface area contributed by atoms with Gasteiger partial charge in [-0.25, -0.2) is 4.79 Å². The van der Waals surface area contributed by atoms with Crippen LogP contribution in [0.4, 0.5) is 4.79 Å². The Hall–Kier alpha value is -2.62. The van der Waals surface area contributed by atoms with Gasteiger partial charge in [0, 0.05) is 25.0 Å². The second-order valence-corrected chi connectivity index (χ2v) is 7.15. The van der Waals surface area contributed by atoms with E-state index in [1.807, 2.05) is 6.07 Å². The van der Waals surface area contributed by atoms with E-state index in [2.05, 4.69) is 25.8 Å². The highest BCUT2D eigenvalue weighted by Crippen LogP contribution is 2.31. The van der Waals surface area contributed by atoms with Crippen molar-refractivity contribution < 1.29 is 9.59 Å². The number of carbonyl (C=O) groups excluding carboxylic acids is 2. The van der Waals surface area contributed by atoms with E-state index in [0.29, 0.717) is 26.7 Å². The average molecular weight is 437 g/mol. The number of carbonyl (C=O) groups is 2. The highest BCUT2D eigenvalue weighted by atomic mass is 35.5. The summed E-state index contributed by atoms with van der Waals surface area (Å²) in [4.78, 5) is 27.3. The van der Waals surface area contributed by atoms with Gasteiger partial charge in [0.1, 0.15) is 0 Å². The van der Waals surface area contributed by atoms with Crippen molar-refractivity contribution in [3.63, 3.8) is 0 Å². The lowest BCUT2D eigenvalue weighted by Crippen LogP contribution is -2.38. The average Bonchev–Trinajstić information content (AvgIpc) is 3.13. The van der Waals surface area contributed by atoms with E-state index < -0.39 is 11.9 Å². The number of benzene rings is 1. The number of imide groups is 1. The first kappa shape index (κ1) is 20.1. The molecule has 2 heterocycles. The van der Waals surface area contributed by atoms with Crippen molar-refractivity contribution >= 4 is 46.9 Å². The highest BCUT2D eigenvalue weighted by molar-refractivity contribution is 7.99. The van der Waals surface area contributed by atoms with Gasteiger partial charge in [0.05, 0.1) is 21.5 Å². The van der Waals surface area contributed by atoms with E-state index in [4.69, 9.17) is 23.2 Å². The van der Waals surface area contributed by atoms with E-state index in [-0.39, 0.29) is 5.75 Å². The number of nitrogens with one attached hydrogen (secondary N) is 2. The van der Waals surface area contributed by atoms with Gasteiger partial charge >= 0.3 is 6.03 Å². The van der Waals surface area contributed by atoms with Gasteiger partial charge in [0.2, 0.25) is 5.91 Å². The predicted molar refractivity (Wildman–Crippen MR) is 108 cm³/mol. The monoisotopic (exact) mass is 436 g/mol. The molecular weight excluding hydrogens is 423 g/mol. The van der Waals surface area contributed by atoms with Gasteiger partial charge in [0.15, 0.2) is 11.0 Å². The predicted octanol–water partition coefficient (Wildman–Crippen LogP) is 3.18. The maximum atomic E-state index is 11.9. The molecule has 3 amide bonds. The minimum Gasteiger partial charge on any atom is -0.341 e. The Labute approximate surface area is 174 Å². The van der Waals surface area contributed by atoms with E-state index in [1.165, 1.54) is 7.05 Å². The van der Waals surface area contributed by atoms with Crippen LogP contribution in [0.5, 0.6) is 0 Å². The first-order chi connectivity index (χ1) is 13.5. The summed E-state index contributed by atoms with van der Waals surface area (Å²) < 4.78 is 1.75. The summed E-state index contributed by atoms with van der Waals surface area (Å²) in [7, 11) is 1.43. The van der Waals surface area contributed by atoms with Gasteiger partial charge in [-0.05, 0) is 30.3 Å². The molecule has 0 aliphatic carbocycles. The SMILES string of the molecule is CNC(=O)NC(=O)CSc1nnc(-c2cccnc2)n1-c1ccc(Cl)c(Cl)c1. The number of amides is 3. The van der Waals surface area contributed by atoms with Crippen molar-refractivity contribution in [2.75, 3.05) is 12.8 Å². The number of thioether (sulfide) groups is 1. The number of halogens is 2. The maximum absolute atomic E-state index is 11.9. The highest BCUT2D eigenvalue weighted by Gasteiger charge is 2.18. The standard InChI is InChI=1S/C17H14Cl2N6O2S/c1-20-16(27)22-14(26)9-28-17-24-23-15(10-3-2-6-21-8-10)25(17)11-4-5-12(18)13(19)7-11/h2-8H,9H2,1H3,(H2,20,22,26,27). The molecule has 11 heteroatoms. The molecule has 2 aromatic heterocycles. The minimum atomic E-state index is -0.576. The first-order valence-electron chi connectivity index (χ1n) is 7.95. The quantitative estimate of drug-likeness (QED) is 0.595.